The van der Waals surface area contributed by atoms with Gasteiger partial charge in [-0.1, -0.05) is 36.4 Å². The zero-order chi connectivity index (χ0) is 8.67. The Bertz CT molecular complexity index is 421. The van der Waals surface area contributed by atoms with Gasteiger partial charge in [0.25, 0.3) is 0 Å². The molecule has 0 aliphatic carbocycles. The normalized spacial score (nSPS) is 14.8. The Morgan fingerprint density at radius 3 is 2.08 bits per heavy atom. The van der Waals surface area contributed by atoms with E-state index in [4.69, 9.17) is 0 Å². The summed E-state index contributed by atoms with van der Waals surface area (Å²) in [4.78, 5) is 0. The Balaban J connectivity index is 2.49. The van der Waals surface area contributed by atoms with Gasteiger partial charge in [0.15, 0.2) is 0 Å². The van der Waals surface area contributed by atoms with Crippen LogP contribution in [0.3, 0.4) is 0 Å². The summed E-state index contributed by atoms with van der Waals surface area (Å²) in [7, 11) is 1.08. The fraction of sp³-hybridized carbons (Fsp3) is 0.167. The third-order valence-electron chi connectivity index (χ3n) is 2.71. The fourth-order valence-electron chi connectivity index (χ4n) is 2.13. The molecule has 0 aromatic heterocycles. The highest BCUT2D eigenvalue weighted by Crippen LogP contribution is 2.37. The van der Waals surface area contributed by atoms with E-state index >= 15 is 0 Å². The van der Waals surface area contributed by atoms with Crippen molar-refractivity contribution in [3.05, 3.63) is 47.5 Å². The van der Waals surface area contributed by atoms with Gasteiger partial charge in [-0.2, -0.15) is 0 Å². The summed E-state index contributed by atoms with van der Waals surface area (Å²) in [6.45, 7) is 0. The van der Waals surface area contributed by atoms with Crippen molar-refractivity contribution in [1.29, 1.82) is 0 Å². The van der Waals surface area contributed by atoms with E-state index in [1.54, 1.807) is 11.1 Å². The first-order valence-electron chi connectivity index (χ1n) is 4.65. The zero-order valence-electron chi connectivity index (χ0n) is 7.38. The Morgan fingerprint density at radius 1 is 0.846 bits per heavy atom. The van der Waals surface area contributed by atoms with Crippen LogP contribution in [0, 0.1) is 0 Å². The van der Waals surface area contributed by atoms with Crippen LogP contribution >= 0.6 is 8.58 Å². The second-order valence-electron chi connectivity index (χ2n) is 3.54. The van der Waals surface area contributed by atoms with E-state index in [0.717, 1.165) is 8.58 Å². The molecule has 0 N–H and O–H groups in total. The average molecular weight is 186 g/mol. The summed E-state index contributed by atoms with van der Waals surface area (Å²) in [6.07, 6.45) is 2.57. The first-order chi connectivity index (χ1) is 6.45. The van der Waals surface area contributed by atoms with Gasteiger partial charge >= 0.3 is 0 Å². The van der Waals surface area contributed by atoms with E-state index in [2.05, 4.69) is 36.4 Å². The fourth-order valence-corrected chi connectivity index (χ4v) is 3.38. The van der Waals surface area contributed by atoms with Gasteiger partial charge in [-0.05, 0) is 34.2 Å². The second-order valence-corrected chi connectivity index (χ2v) is 4.74. The van der Waals surface area contributed by atoms with Crippen molar-refractivity contribution < 1.29 is 0 Å². The predicted octanol–water partition coefficient (Wildman–Crippen LogP) is 3.53. The van der Waals surface area contributed by atoms with Crippen LogP contribution in [0.2, 0.25) is 0 Å². The Hall–Kier alpha value is -0.870. The second kappa shape index (κ2) is 2.82. The van der Waals surface area contributed by atoms with Gasteiger partial charge in [0.05, 0.1) is 0 Å². The maximum absolute atomic E-state index is 2.28. The summed E-state index contributed by atoms with van der Waals surface area (Å²) < 4.78 is 0. The average Bonchev–Trinajstić information content (AvgIpc) is 2.19. The van der Waals surface area contributed by atoms with Crippen LogP contribution in [0.5, 0.6) is 0 Å². The van der Waals surface area contributed by atoms with E-state index in [1.165, 1.54) is 23.1 Å². The molecular formula is C12H11P. The minimum atomic E-state index is 1.08. The molecule has 0 nitrogen and oxygen atoms in total. The molecule has 2 aromatic carbocycles. The van der Waals surface area contributed by atoms with Gasteiger partial charge in [0, 0.05) is 0 Å². The first kappa shape index (κ1) is 7.53. The summed E-state index contributed by atoms with van der Waals surface area (Å²) in [5, 5.41) is 2.95. The zero-order valence-corrected chi connectivity index (χ0v) is 8.38. The minimum absolute atomic E-state index is 1.08. The first-order valence-corrected chi connectivity index (χ1v) is 6.07. The van der Waals surface area contributed by atoms with Gasteiger partial charge in [-0.3, -0.25) is 0 Å². The van der Waals surface area contributed by atoms with Crippen LogP contribution in [0.4, 0.5) is 0 Å². The Morgan fingerprint density at radius 2 is 1.46 bits per heavy atom. The lowest BCUT2D eigenvalue weighted by Crippen LogP contribution is -1.94. The molecule has 0 unspecified atom stereocenters. The van der Waals surface area contributed by atoms with Crippen molar-refractivity contribution >= 4 is 19.4 Å². The van der Waals surface area contributed by atoms with Crippen LogP contribution < -0.4 is 0 Å². The quantitative estimate of drug-likeness (QED) is 0.552. The molecule has 2 aromatic rings. The third-order valence-corrected chi connectivity index (χ3v) is 3.97. The molecule has 1 heterocycles. The van der Waals surface area contributed by atoms with Crippen molar-refractivity contribution in [2.45, 2.75) is 12.3 Å². The molecule has 0 fully saturated rings. The SMILES string of the molecule is c1cc2c3c(cccc3c1)CPC2. The molecule has 0 atom stereocenters. The molecule has 1 heteroatoms. The molecule has 1 aliphatic heterocycles. The number of hydrogen-bond acceptors (Lipinski definition) is 0. The monoisotopic (exact) mass is 186 g/mol. The molecule has 0 saturated heterocycles. The molecular weight excluding hydrogens is 175 g/mol. The Labute approximate surface area is 79.8 Å². The largest absolute Gasteiger partial charge is 0.113 e. The molecule has 0 bridgehead atoms. The lowest BCUT2D eigenvalue weighted by atomic mass is 10.0. The van der Waals surface area contributed by atoms with Gasteiger partial charge in [-0.15, -0.1) is 8.58 Å². The highest BCUT2D eigenvalue weighted by Gasteiger charge is 2.10. The summed E-state index contributed by atoms with van der Waals surface area (Å²) in [5.41, 5.74) is 3.11. The van der Waals surface area contributed by atoms with Crippen LogP contribution in [-0.2, 0) is 12.3 Å². The third kappa shape index (κ3) is 1.09. The maximum atomic E-state index is 2.28. The summed E-state index contributed by atoms with van der Waals surface area (Å²) >= 11 is 0. The van der Waals surface area contributed by atoms with Crippen LogP contribution in [-0.4, -0.2) is 0 Å². The van der Waals surface area contributed by atoms with E-state index in [0.29, 0.717) is 0 Å². The summed E-state index contributed by atoms with van der Waals surface area (Å²) in [6, 6.07) is 13.3. The van der Waals surface area contributed by atoms with E-state index in [-0.39, 0.29) is 0 Å². The van der Waals surface area contributed by atoms with Gasteiger partial charge in [-0.25, -0.2) is 0 Å². The number of hydrogen-bond donors (Lipinski definition) is 0. The van der Waals surface area contributed by atoms with Crippen molar-refractivity contribution in [1.82, 2.24) is 0 Å². The number of rotatable bonds is 0. The standard InChI is InChI=1S/C12H11P/c1-3-9-4-2-6-11-8-13-7-10(5-1)12(9)11/h1-6,13H,7-8H2. The highest BCUT2D eigenvalue weighted by atomic mass is 31.1. The predicted molar refractivity (Wildman–Crippen MR) is 59.7 cm³/mol. The topological polar surface area (TPSA) is 0 Å². The number of benzene rings is 2. The molecule has 0 radical (unpaired) electrons. The molecule has 0 saturated carbocycles. The highest BCUT2D eigenvalue weighted by molar-refractivity contribution is 7.36. The molecule has 0 amide bonds. The summed E-state index contributed by atoms with van der Waals surface area (Å²) in [5.74, 6) is 0. The lowest BCUT2D eigenvalue weighted by molar-refractivity contribution is 1.33. The van der Waals surface area contributed by atoms with E-state index in [1.807, 2.05) is 0 Å². The van der Waals surface area contributed by atoms with Crippen molar-refractivity contribution in [2.24, 2.45) is 0 Å². The van der Waals surface area contributed by atoms with Crippen LogP contribution in [0.1, 0.15) is 11.1 Å². The van der Waals surface area contributed by atoms with Crippen molar-refractivity contribution in [2.75, 3.05) is 0 Å². The van der Waals surface area contributed by atoms with E-state index in [9.17, 15) is 0 Å². The van der Waals surface area contributed by atoms with Crippen molar-refractivity contribution in [3.8, 4) is 0 Å². The molecule has 1 aliphatic rings. The Kier molecular flexibility index (Phi) is 1.63. The smallest absolute Gasteiger partial charge is 0.00914 e. The van der Waals surface area contributed by atoms with Gasteiger partial charge in [0.2, 0.25) is 0 Å². The lowest BCUT2D eigenvalue weighted by Gasteiger charge is -2.16. The van der Waals surface area contributed by atoms with Crippen molar-refractivity contribution in [3.63, 3.8) is 0 Å². The van der Waals surface area contributed by atoms with Gasteiger partial charge < -0.3 is 0 Å². The van der Waals surface area contributed by atoms with Gasteiger partial charge in [0.1, 0.15) is 0 Å². The minimum Gasteiger partial charge on any atom is -0.113 e. The molecule has 64 valence electrons. The maximum Gasteiger partial charge on any atom is -0.00914 e. The molecule has 0 spiro atoms. The van der Waals surface area contributed by atoms with E-state index < -0.39 is 0 Å². The molecule has 13 heavy (non-hydrogen) atoms. The van der Waals surface area contributed by atoms with Crippen LogP contribution in [0.25, 0.3) is 10.8 Å². The molecule has 3 rings (SSSR count). The van der Waals surface area contributed by atoms with Crippen LogP contribution in [0.15, 0.2) is 36.4 Å².